The Kier molecular flexibility index (Phi) is 5.42. The average molecular weight is 223 g/mol. The van der Waals surface area contributed by atoms with Gasteiger partial charge in [-0.25, -0.2) is 0 Å². The monoisotopic (exact) mass is 223 g/mol. The molecule has 0 aliphatic carbocycles. The first-order valence-electron chi connectivity index (χ1n) is 5.30. The fourth-order valence-corrected chi connectivity index (χ4v) is 1.42. The van der Waals surface area contributed by atoms with E-state index in [1.807, 2.05) is 4.90 Å². The van der Waals surface area contributed by atoms with Crippen LogP contribution >= 0.6 is 0 Å². The van der Waals surface area contributed by atoms with E-state index in [0.717, 1.165) is 18.7 Å². The number of esters is 1. The highest BCUT2D eigenvalue weighted by molar-refractivity contribution is 5.71. The number of aromatic nitrogens is 2. The maximum Gasteiger partial charge on any atom is 0.319 e. The number of carbonyl (C=O) groups excluding carboxylic acids is 1. The SMILES string of the molecule is CCCN(CC(=O)OC)Cc1cnccn1. The second kappa shape index (κ2) is 6.90. The van der Waals surface area contributed by atoms with E-state index >= 15 is 0 Å². The van der Waals surface area contributed by atoms with Crippen LogP contribution in [0.4, 0.5) is 0 Å². The summed E-state index contributed by atoms with van der Waals surface area (Å²) in [6.45, 7) is 3.82. The smallest absolute Gasteiger partial charge is 0.319 e. The molecule has 0 bridgehead atoms. The molecule has 1 aromatic heterocycles. The van der Waals surface area contributed by atoms with E-state index in [4.69, 9.17) is 0 Å². The van der Waals surface area contributed by atoms with Crippen molar-refractivity contribution in [1.29, 1.82) is 0 Å². The zero-order chi connectivity index (χ0) is 11.8. The molecule has 0 amide bonds. The van der Waals surface area contributed by atoms with Crippen LogP contribution in [0.15, 0.2) is 18.6 Å². The minimum atomic E-state index is -0.225. The van der Waals surface area contributed by atoms with E-state index in [2.05, 4.69) is 21.6 Å². The standard InChI is InChI=1S/C11H17N3O2/c1-3-6-14(9-11(15)16-2)8-10-7-12-4-5-13-10/h4-5,7H,3,6,8-9H2,1-2H3. The summed E-state index contributed by atoms with van der Waals surface area (Å²) in [5.74, 6) is -0.225. The van der Waals surface area contributed by atoms with Crippen LogP contribution in [0, 0.1) is 0 Å². The van der Waals surface area contributed by atoms with Crippen molar-refractivity contribution in [2.24, 2.45) is 0 Å². The van der Waals surface area contributed by atoms with Gasteiger partial charge in [0.25, 0.3) is 0 Å². The van der Waals surface area contributed by atoms with Crippen LogP contribution in [0.25, 0.3) is 0 Å². The van der Waals surface area contributed by atoms with Gasteiger partial charge in [0.15, 0.2) is 0 Å². The Morgan fingerprint density at radius 1 is 1.50 bits per heavy atom. The maximum atomic E-state index is 11.2. The molecule has 5 nitrogen and oxygen atoms in total. The third kappa shape index (κ3) is 4.35. The molecule has 5 heteroatoms. The van der Waals surface area contributed by atoms with Crippen LogP contribution < -0.4 is 0 Å². The fraction of sp³-hybridized carbons (Fsp3) is 0.545. The molecule has 88 valence electrons. The summed E-state index contributed by atoms with van der Waals surface area (Å²) < 4.78 is 4.65. The predicted molar refractivity (Wildman–Crippen MR) is 59.6 cm³/mol. The van der Waals surface area contributed by atoms with Gasteiger partial charge in [0.05, 0.1) is 19.3 Å². The molecule has 1 aromatic rings. The second-order valence-corrected chi connectivity index (χ2v) is 3.48. The van der Waals surface area contributed by atoms with Crippen LogP contribution in [-0.2, 0) is 16.1 Å². The lowest BCUT2D eigenvalue weighted by atomic mass is 10.3. The van der Waals surface area contributed by atoms with Gasteiger partial charge in [-0.1, -0.05) is 6.92 Å². The Morgan fingerprint density at radius 3 is 2.88 bits per heavy atom. The van der Waals surface area contributed by atoms with Gasteiger partial charge in [0.1, 0.15) is 0 Å². The van der Waals surface area contributed by atoms with Crippen molar-refractivity contribution in [3.8, 4) is 0 Å². The Hall–Kier alpha value is -1.49. The summed E-state index contributed by atoms with van der Waals surface area (Å²) in [7, 11) is 1.40. The number of hydrogen-bond acceptors (Lipinski definition) is 5. The number of rotatable bonds is 6. The third-order valence-corrected chi connectivity index (χ3v) is 2.12. The minimum absolute atomic E-state index is 0.225. The zero-order valence-corrected chi connectivity index (χ0v) is 9.72. The molecule has 0 aliphatic heterocycles. The van der Waals surface area contributed by atoms with Crippen LogP contribution in [-0.4, -0.2) is 41.0 Å². The van der Waals surface area contributed by atoms with Crippen molar-refractivity contribution in [3.63, 3.8) is 0 Å². The summed E-state index contributed by atoms with van der Waals surface area (Å²) in [6, 6.07) is 0. The summed E-state index contributed by atoms with van der Waals surface area (Å²) in [5.41, 5.74) is 0.861. The van der Waals surface area contributed by atoms with Crippen LogP contribution in [0.5, 0.6) is 0 Å². The first kappa shape index (κ1) is 12.6. The molecular weight excluding hydrogens is 206 g/mol. The maximum absolute atomic E-state index is 11.2. The van der Waals surface area contributed by atoms with E-state index in [9.17, 15) is 4.79 Å². The molecule has 0 unspecified atom stereocenters. The zero-order valence-electron chi connectivity index (χ0n) is 9.72. The molecule has 1 rings (SSSR count). The molecule has 16 heavy (non-hydrogen) atoms. The molecule has 0 radical (unpaired) electrons. The number of methoxy groups -OCH3 is 1. The highest BCUT2D eigenvalue weighted by Crippen LogP contribution is 2.01. The molecule has 0 saturated heterocycles. The van der Waals surface area contributed by atoms with Crippen LogP contribution in [0.2, 0.25) is 0 Å². The van der Waals surface area contributed by atoms with Gasteiger partial charge in [-0.3, -0.25) is 19.7 Å². The van der Waals surface area contributed by atoms with E-state index in [0.29, 0.717) is 13.1 Å². The Labute approximate surface area is 95.5 Å². The highest BCUT2D eigenvalue weighted by Gasteiger charge is 2.11. The minimum Gasteiger partial charge on any atom is -0.468 e. The number of hydrogen-bond donors (Lipinski definition) is 0. The van der Waals surface area contributed by atoms with Crippen molar-refractivity contribution in [3.05, 3.63) is 24.3 Å². The molecule has 0 fully saturated rings. The molecule has 0 N–H and O–H groups in total. The highest BCUT2D eigenvalue weighted by atomic mass is 16.5. The number of nitrogens with zero attached hydrogens (tertiary/aromatic N) is 3. The Balaban J connectivity index is 2.54. The topological polar surface area (TPSA) is 55.3 Å². The second-order valence-electron chi connectivity index (χ2n) is 3.48. The van der Waals surface area contributed by atoms with Crippen molar-refractivity contribution < 1.29 is 9.53 Å². The van der Waals surface area contributed by atoms with Crippen molar-refractivity contribution in [2.45, 2.75) is 19.9 Å². The average Bonchev–Trinajstić information content (AvgIpc) is 2.30. The Morgan fingerprint density at radius 2 is 2.31 bits per heavy atom. The summed E-state index contributed by atoms with van der Waals surface area (Å²) in [4.78, 5) is 21.4. The molecule has 0 spiro atoms. The fourth-order valence-electron chi connectivity index (χ4n) is 1.42. The van der Waals surface area contributed by atoms with Gasteiger partial charge in [-0.2, -0.15) is 0 Å². The van der Waals surface area contributed by atoms with Gasteiger partial charge in [0, 0.05) is 25.1 Å². The lowest BCUT2D eigenvalue weighted by Crippen LogP contribution is -2.31. The molecular formula is C11H17N3O2. The van der Waals surface area contributed by atoms with E-state index in [1.54, 1.807) is 18.6 Å². The van der Waals surface area contributed by atoms with Gasteiger partial charge < -0.3 is 4.74 Å². The first-order chi connectivity index (χ1) is 7.76. The van der Waals surface area contributed by atoms with Crippen molar-refractivity contribution >= 4 is 5.97 Å². The van der Waals surface area contributed by atoms with Gasteiger partial charge in [0.2, 0.25) is 0 Å². The summed E-state index contributed by atoms with van der Waals surface area (Å²) in [5, 5.41) is 0. The van der Waals surface area contributed by atoms with E-state index < -0.39 is 0 Å². The van der Waals surface area contributed by atoms with Crippen LogP contribution in [0.3, 0.4) is 0 Å². The lowest BCUT2D eigenvalue weighted by Gasteiger charge is -2.19. The van der Waals surface area contributed by atoms with E-state index in [1.165, 1.54) is 7.11 Å². The van der Waals surface area contributed by atoms with Crippen molar-refractivity contribution in [2.75, 3.05) is 20.2 Å². The predicted octanol–water partition coefficient (Wildman–Crippen LogP) is 0.862. The van der Waals surface area contributed by atoms with Gasteiger partial charge in [-0.05, 0) is 13.0 Å². The Bertz CT molecular complexity index is 316. The molecule has 0 aromatic carbocycles. The summed E-state index contributed by atoms with van der Waals surface area (Å²) in [6.07, 6.45) is 5.97. The summed E-state index contributed by atoms with van der Waals surface area (Å²) >= 11 is 0. The molecule has 0 atom stereocenters. The van der Waals surface area contributed by atoms with Crippen LogP contribution in [0.1, 0.15) is 19.0 Å². The first-order valence-corrected chi connectivity index (χ1v) is 5.30. The largest absolute Gasteiger partial charge is 0.468 e. The van der Waals surface area contributed by atoms with Gasteiger partial charge >= 0.3 is 5.97 Å². The molecule has 1 heterocycles. The number of ether oxygens (including phenoxy) is 1. The molecule has 0 saturated carbocycles. The van der Waals surface area contributed by atoms with Crippen molar-refractivity contribution in [1.82, 2.24) is 14.9 Å². The van der Waals surface area contributed by atoms with E-state index in [-0.39, 0.29) is 5.97 Å². The normalized spacial score (nSPS) is 10.4. The lowest BCUT2D eigenvalue weighted by molar-refractivity contribution is -0.142. The number of carbonyl (C=O) groups is 1. The van der Waals surface area contributed by atoms with Gasteiger partial charge in [-0.15, -0.1) is 0 Å². The third-order valence-electron chi connectivity index (χ3n) is 2.12. The molecule has 0 aliphatic rings. The quantitative estimate of drug-likeness (QED) is 0.669.